The molecule has 100 valence electrons. The molecule has 1 amide bonds. The minimum absolute atomic E-state index is 0.00769. The van der Waals surface area contributed by atoms with Crippen LogP contribution in [-0.2, 0) is 0 Å². The average molecular weight is 314 g/mol. The van der Waals surface area contributed by atoms with Crippen LogP contribution in [0.3, 0.4) is 0 Å². The zero-order valence-corrected chi connectivity index (χ0v) is 12.5. The van der Waals surface area contributed by atoms with Gasteiger partial charge >= 0.3 is 0 Å². The van der Waals surface area contributed by atoms with E-state index < -0.39 is 0 Å². The third-order valence-electron chi connectivity index (χ3n) is 2.85. The van der Waals surface area contributed by atoms with Crippen LogP contribution < -0.4 is 5.32 Å². The maximum absolute atomic E-state index is 11.9. The second-order valence-electron chi connectivity index (χ2n) is 5.18. The summed E-state index contributed by atoms with van der Waals surface area (Å²) in [7, 11) is 0. The van der Waals surface area contributed by atoms with Crippen molar-refractivity contribution in [3.63, 3.8) is 0 Å². The van der Waals surface area contributed by atoms with Gasteiger partial charge in [0.05, 0.1) is 0 Å². The fourth-order valence-electron chi connectivity index (χ4n) is 1.67. The predicted molar refractivity (Wildman–Crippen MR) is 76.6 cm³/mol. The predicted octanol–water partition coefficient (Wildman–Crippen LogP) is 2.98. The molecular weight excluding hydrogens is 294 g/mol. The molecule has 0 saturated carbocycles. The molecule has 4 heteroatoms. The molecule has 0 spiro atoms. The third-order valence-corrected chi connectivity index (χ3v) is 3.37. The maximum atomic E-state index is 11.9. The van der Waals surface area contributed by atoms with Crippen molar-refractivity contribution in [1.29, 1.82) is 0 Å². The zero-order valence-electron chi connectivity index (χ0n) is 10.9. The van der Waals surface area contributed by atoms with Crippen molar-refractivity contribution in [2.75, 3.05) is 13.2 Å². The van der Waals surface area contributed by atoms with Crippen LogP contribution in [0, 0.1) is 5.41 Å². The largest absolute Gasteiger partial charge is 0.396 e. The van der Waals surface area contributed by atoms with Gasteiger partial charge in [-0.05, 0) is 42.5 Å². The fourth-order valence-corrected chi connectivity index (χ4v) is 1.93. The van der Waals surface area contributed by atoms with E-state index >= 15 is 0 Å². The molecule has 0 fully saturated rings. The smallest absolute Gasteiger partial charge is 0.251 e. The van der Waals surface area contributed by atoms with Crippen LogP contribution in [0.1, 0.15) is 37.0 Å². The van der Waals surface area contributed by atoms with Gasteiger partial charge in [-0.25, -0.2) is 0 Å². The number of benzene rings is 1. The van der Waals surface area contributed by atoms with Crippen LogP contribution in [0.5, 0.6) is 0 Å². The first kappa shape index (κ1) is 15.2. The summed E-state index contributed by atoms with van der Waals surface area (Å²) in [5.41, 5.74) is 0.671. The van der Waals surface area contributed by atoms with Crippen molar-refractivity contribution in [2.24, 2.45) is 5.41 Å². The number of rotatable bonds is 6. The van der Waals surface area contributed by atoms with E-state index in [4.69, 9.17) is 5.11 Å². The van der Waals surface area contributed by atoms with Gasteiger partial charge in [0.2, 0.25) is 0 Å². The van der Waals surface area contributed by atoms with Gasteiger partial charge in [-0.2, -0.15) is 0 Å². The Kier molecular flexibility index (Phi) is 5.82. The SMILES string of the molecule is CC(C)(CCCO)CNC(=O)c1ccc(Br)cc1. The number of halogens is 1. The molecule has 1 aromatic rings. The maximum Gasteiger partial charge on any atom is 0.251 e. The number of aliphatic hydroxyl groups excluding tert-OH is 1. The van der Waals surface area contributed by atoms with E-state index in [1.165, 1.54) is 0 Å². The zero-order chi connectivity index (χ0) is 13.6. The number of amides is 1. The Bertz CT molecular complexity index is 387. The van der Waals surface area contributed by atoms with Crippen LogP contribution in [0.4, 0.5) is 0 Å². The first-order valence-corrected chi connectivity index (χ1v) is 6.88. The van der Waals surface area contributed by atoms with E-state index in [2.05, 4.69) is 35.1 Å². The summed E-state index contributed by atoms with van der Waals surface area (Å²) >= 11 is 3.34. The summed E-state index contributed by atoms with van der Waals surface area (Å²) in [6.07, 6.45) is 1.66. The van der Waals surface area contributed by atoms with E-state index in [0.717, 1.165) is 17.3 Å². The van der Waals surface area contributed by atoms with Crippen LogP contribution in [-0.4, -0.2) is 24.2 Å². The van der Waals surface area contributed by atoms with Crippen molar-refractivity contribution >= 4 is 21.8 Å². The van der Waals surface area contributed by atoms with E-state index in [9.17, 15) is 4.79 Å². The van der Waals surface area contributed by atoms with Gasteiger partial charge < -0.3 is 10.4 Å². The van der Waals surface area contributed by atoms with Gasteiger partial charge in [0.15, 0.2) is 0 Å². The summed E-state index contributed by atoms with van der Waals surface area (Å²) in [6.45, 7) is 4.99. The Hall–Kier alpha value is -0.870. The quantitative estimate of drug-likeness (QED) is 0.848. The van der Waals surface area contributed by atoms with E-state index in [-0.39, 0.29) is 17.9 Å². The molecule has 0 heterocycles. The highest BCUT2D eigenvalue weighted by Gasteiger charge is 2.18. The molecule has 18 heavy (non-hydrogen) atoms. The normalized spacial score (nSPS) is 11.3. The van der Waals surface area contributed by atoms with Gasteiger partial charge in [0, 0.05) is 23.2 Å². The van der Waals surface area contributed by atoms with Crippen molar-refractivity contribution in [1.82, 2.24) is 5.32 Å². The van der Waals surface area contributed by atoms with Gasteiger partial charge in [-0.1, -0.05) is 29.8 Å². The molecule has 1 rings (SSSR count). The van der Waals surface area contributed by atoms with Crippen molar-refractivity contribution in [2.45, 2.75) is 26.7 Å². The number of nitrogens with one attached hydrogen (secondary N) is 1. The number of aliphatic hydroxyl groups is 1. The monoisotopic (exact) mass is 313 g/mol. The Morgan fingerprint density at radius 3 is 2.50 bits per heavy atom. The highest BCUT2D eigenvalue weighted by Crippen LogP contribution is 2.21. The summed E-state index contributed by atoms with van der Waals surface area (Å²) in [5.74, 6) is -0.0560. The lowest BCUT2D eigenvalue weighted by Crippen LogP contribution is -2.34. The number of hydrogen-bond donors (Lipinski definition) is 2. The lowest BCUT2D eigenvalue weighted by atomic mass is 9.88. The third kappa shape index (κ3) is 5.19. The molecule has 0 radical (unpaired) electrons. The molecule has 0 atom stereocenters. The summed E-state index contributed by atoms with van der Waals surface area (Å²) in [4.78, 5) is 11.9. The number of carbonyl (C=O) groups excluding carboxylic acids is 1. The topological polar surface area (TPSA) is 49.3 Å². The van der Waals surface area contributed by atoms with Crippen molar-refractivity contribution in [3.05, 3.63) is 34.3 Å². The molecule has 0 aliphatic rings. The highest BCUT2D eigenvalue weighted by molar-refractivity contribution is 9.10. The lowest BCUT2D eigenvalue weighted by molar-refractivity contribution is 0.0933. The van der Waals surface area contributed by atoms with Gasteiger partial charge in [-0.3, -0.25) is 4.79 Å². The highest BCUT2D eigenvalue weighted by atomic mass is 79.9. The first-order valence-electron chi connectivity index (χ1n) is 6.09. The van der Waals surface area contributed by atoms with Crippen molar-refractivity contribution < 1.29 is 9.90 Å². The minimum Gasteiger partial charge on any atom is -0.396 e. The van der Waals surface area contributed by atoms with Gasteiger partial charge in [0.1, 0.15) is 0 Å². The Morgan fingerprint density at radius 2 is 1.94 bits per heavy atom. The second-order valence-corrected chi connectivity index (χ2v) is 6.10. The van der Waals surface area contributed by atoms with Crippen LogP contribution in [0.15, 0.2) is 28.7 Å². The molecule has 3 nitrogen and oxygen atoms in total. The molecule has 0 aliphatic carbocycles. The standard InChI is InChI=1S/C14H20BrNO2/c1-14(2,8-3-9-17)10-16-13(18)11-4-6-12(15)7-5-11/h4-7,17H,3,8-10H2,1-2H3,(H,16,18). The van der Waals surface area contributed by atoms with Gasteiger partial charge in [0.25, 0.3) is 5.91 Å². The summed E-state index contributed by atoms with van der Waals surface area (Å²) in [6, 6.07) is 7.29. The Balaban J connectivity index is 2.48. The van der Waals surface area contributed by atoms with Crippen LogP contribution in [0.2, 0.25) is 0 Å². The van der Waals surface area contributed by atoms with Crippen molar-refractivity contribution in [3.8, 4) is 0 Å². The molecule has 0 aliphatic heterocycles. The minimum atomic E-state index is -0.0560. The second kappa shape index (κ2) is 6.90. The molecule has 0 aromatic heterocycles. The summed E-state index contributed by atoms with van der Waals surface area (Å²) < 4.78 is 0.960. The average Bonchev–Trinajstić information content (AvgIpc) is 2.35. The Morgan fingerprint density at radius 1 is 1.33 bits per heavy atom. The van der Waals surface area contributed by atoms with E-state index in [1.54, 1.807) is 12.1 Å². The van der Waals surface area contributed by atoms with E-state index in [0.29, 0.717) is 12.1 Å². The molecule has 0 unspecified atom stereocenters. The Labute approximate surface area is 117 Å². The number of hydrogen-bond acceptors (Lipinski definition) is 2. The van der Waals surface area contributed by atoms with Crippen LogP contribution >= 0.6 is 15.9 Å². The molecular formula is C14H20BrNO2. The fraction of sp³-hybridized carbons (Fsp3) is 0.500. The van der Waals surface area contributed by atoms with E-state index in [1.807, 2.05) is 12.1 Å². The lowest BCUT2D eigenvalue weighted by Gasteiger charge is -2.24. The molecule has 0 bridgehead atoms. The summed E-state index contributed by atoms with van der Waals surface area (Å²) in [5, 5.41) is 11.8. The van der Waals surface area contributed by atoms with Gasteiger partial charge in [-0.15, -0.1) is 0 Å². The van der Waals surface area contributed by atoms with Crippen LogP contribution in [0.25, 0.3) is 0 Å². The molecule has 2 N–H and O–H groups in total. The number of carbonyl (C=O) groups is 1. The molecule has 0 saturated heterocycles. The molecule has 1 aromatic carbocycles. The first-order chi connectivity index (χ1) is 8.44.